The van der Waals surface area contributed by atoms with Crippen LogP contribution in [0, 0.1) is 0 Å². The zero-order valence-electron chi connectivity index (χ0n) is 7.93. The molecule has 0 spiro atoms. The molecule has 0 aromatic carbocycles. The van der Waals surface area contributed by atoms with Crippen molar-refractivity contribution in [3.63, 3.8) is 0 Å². The van der Waals surface area contributed by atoms with Gasteiger partial charge < -0.3 is 10.2 Å². The van der Waals surface area contributed by atoms with Crippen LogP contribution in [0.25, 0.3) is 0 Å². The predicted octanol–water partition coefficient (Wildman–Crippen LogP) is 1.11. The SMILES string of the molecule is CCN(C(=O)O)C(=O)N(CC)C(=O)O. The zero-order chi connectivity index (χ0) is 11.3. The fourth-order valence-corrected chi connectivity index (χ4v) is 0.850. The minimum atomic E-state index is -1.46. The highest BCUT2D eigenvalue weighted by atomic mass is 16.4. The lowest BCUT2D eigenvalue weighted by Crippen LogP contribution is -2.47. The van der Waals surface area contributed by atoms with Crippen LogP contribution < -0.4 is 0 Å². The molecule has 0 aromatic rings. The molecule has 0 aromatic heterocycles. The summed E-state index contributed by atoms with van der Waals surface area (Å²) >= 11 is 0. The van der Waals surface area contributed by atoms with Crippen LogP contribution in [0.15, 0.2) is 0 Å². The molecule has 0 atom stereocenters. The van der Waals surface area contributed by atoms with Crippen LogP contribution in [-0.4, -0.2) is 51.3 Å². The lowest BCUT2D eigenvalue weighted by Gasteiger charge is -2.21. The first kappa shape index (κ1) is 12.2. The van der Waals surface area contributed by atoms with Crippen molar-refractivity contribution in [2.75, 3.05) is 13.1 Å². The van der Waals surface area contributed by atoms with Crippen molar-refractivity contribution >= 4 is 18.2 Å². The van der Waals surface area contributed by atoms with Gasteiger partial charge in [0.05, 0.1) is 0 Å². The third-order valence-electron chi connectivity index (χ3n) is 1.56. The number of amides is 4. The first-order valence-corrected chi connectivity index (χ1v) is 4.00. The molecule has 0 saturated heterocycles. The Balaban J connectivity index is 4.71. The molecule has 0 unspecified atom stereocenters. The molecular weight excluding hydrogens is 192 g/mol. The minimum Gasteiger partial charge on any atom is -0.465 e. The molecule has 0 radical (unpaired) electrons. The van der Waals surface area contributed by atoms with E-state index in [4.69, 9.17) is 10.2 Å². The van der Waals surface area contributed by atoms with Gasteiger partial charge in [-0.1, -0.05) is 0 Å². The van der Waals surface area contributed by atoms with E-state index in [0.29, 0.717) is 9.80 Å². The van der Waals surface area contributed by atoms with Gasteiger partial charge in [0.15, 0.2) is 0 Å². The molecule has 7 heteroatoms. The third-order valence-corrected chi connectivity index (χ3v) is 1.56. The molecule has 80 valence electrons. The summed E-state index contributed by atoms with van der Waals surface area (Å²) in [6, 6.07) is -1.05. The van der Waals surface area contributed by atoms with Crippen LogP contribution in [0.4, 0.5) is 14.4 Å². The Bertz CT molecular complexity index is 228. The van der Waals surface area contributed by atoms with E-state index < -0.39 is 18.2 Å². The molecule has 0 fully saturated rings. The number of carboxylic acid groups (broad SMARTS) is 2. The molecular formula is C7H12N2O5. The Morgan fingerprint density at radius 2 is 1.21 bits per heavy atom. The number of urea groups is 1. The van der Waals surface area contributed by atoms with Crippen molar-refractivity contribution < 1.29 is 24.6 Å². The standard InChI is InChI=1S/C7H12N2O5/c1-3-8(6(11)12)5(10)9(4-2)7(13)14/h3-4H2,1-2H3,(H,11,12)(H,13,14). The summed E-state index contributed by atoms with van der Waals surface area (Å²) in [5.41, 5.74) is 0. The van der Waals surface area contributed by atoms with Crippen LogP contribution in [0.5, 0.6) is 0 Å². The summed E-state index contributed by atoms with van der Waals surface area (Å²) in [6.45, 7) is 2.72. The maximum atomic E-state index is 11.3. The number of carbonyl (C=O) groups is 3. The van der Waals surface area contributed by atoms with Gasteiger partial charge >= 0.3 is 18.2 Å². The van der Waals surface area contributed by atoms with Crippen molar-refractivity contribution in [1.82, 2.24) is 9.80 Å². The van der Waals surface area contributed by atoms with Crippen molar-refractivity contribution in [1.29, 1.82) is 0 Å². The molecule has 0 saturated carbocycles. The lowest BCUT2D eigenvalue weighted by atomic mass is 10.5. The number of carbonyl (C=O) groups excluding carboxylic acids is 1. The zero-order valence-corrected chi connectivity index (χ0v) is 7.93. The highest BCUT2D eigenvalue weighted by Gasteiger charge is 2.27. The second-order valence-electron chi connectivity index (χ2n) is 2.34. The number of nitrogens with zero attached hydrogens (tertiary/aromatic N) is 2. The molecule has 7 nitrogen and oxygen atoms in total. The fraction of sp³-hybridized carbons (Fsp3) is 0.571. The largest absolute Gasteiger partial charge is 0.465 e. The average molecular weight is 204 g/mol. The van der Waals surface area contributed by atoms with Gasteiger partial charge in [0.1, 0.15) is 0 Å². The van der Waals surface area contributed by atoms with Gasteiger partial charge in [-0.3, -0.25) is 0 Å². The highest BCUT2D eigenvalue weighted by Crippen LogP contribution is 2.00. The van der Waals surface area contributed by atoms with Crippen molar-refractivity contribution in [2.24, 2.45) is 0 Å². The second-order valence-corrected chi connectivity index (χ2v) is 2.34. The third kappa shape index (κ3) is 2.61. The van der Waals surface area contributed by atoms with Crippen LogP contribution >= 0.6 is 0 Å². The Hall–Kier alpha value is -1.79. The molecule has 0 bridgehead atoms. The number of imide groups is 2. The van der Waals surface area contributed by atoms with E-state index in [1.165, 1.54) is 13.8 Å². The monoisotopic (exact) mass is 204 g/mol. The van der Waals surface area contributed by atoms with Gasteiger partial charge in [-0.25, -0.2) is 24.2 Å². The van der Waals surface area contributed by atoms with Gasteiger partial charge in [0.2, 0.25) is 0 Å². The Morgan fingerprint density at radius 3 is 1.36 bits per heavy atom. The summed E-state index contributed by atoms with van der Waals surface area (Å²) in [5.74, 6) is 0. The van der Waals surface area contributed by atoms with E-state index >= 15 is 0 Å². The first-order valence-electron chi connectivity index (χ1n) is 4.00. The van der Waals surface area contributed by atoms with Crippen LogP contribution in [0.2, 0.25) is 0 Å². The normalized spacial score (nSPS) is 9.29. The van der Waals surface area contributed by atoms with Crippen LogP contribution in [0.1, 0.15) is 13.8 Å². The molecule has 0 aliphatic rings. The average Bonchev–Trinajstić information content (AvgIpc) is 2.04. The van der Waals surface area contributed by atoms with Crippen LogP contribution in [-0.2, 0) is 0 Å². The van der Waals surface area contributed by atoms with Crippen molar-refractivity contribution in [2.45, 2.75) is 13.8 Å². The summed E-state index contributed by atoms with van der Waals surface area (Å²) in [5, 5.41) is 17.1. The van der Waals surface area contributed by atoms with Crippen LogP contribution in [0.3, 0.4) is 0 Å². The molecule has 0 aliphatic carbocycles. The van der Waals surface area contributed by atoms with E-state index in [1.54, 1.807) is 0 Å². The van der Waals surface area contributed by atoms with Gasteiger partial charge in [-0.05, 0) is 13.8 Å². The van der Waals surface area contributed by atoms with Gasteiger partial charge in [0, 0.05) is 13.1 Å². The van der Waals surface area contributed by atoms with E-state index in [9.17, 15) is 14.4 Å². The fourth-order valence-electron chi connectivity index (χ4n) is 0.850. The highest BCUT2D eigenvalue weighted by molar-refractivity contribution is 5.97. The molecule has 0 rings (SSSR count). The summed E-state index contributed by atoms with van der Waals surface area (Å²) in [7, 11) is 0. The molecule has 0 aliphatic heterocycles. The minimum absolute atomic E-state index is 0.0854. The van der Waals surface area contributed by atoms with Gasteiger partial charge in [0.25, 0.3) is 0 Å². The van der Waals surface area contributed by atoms with E-state index in [0.717, 1.165) is 0 Å². The van der Waals surface area contributed by atoms with E-state index in [-0.39, 0.29) is 13.1 Å². The maximum Gasteiger partial charge on any atom is 0.415 e. The number of rotatable bonds is 2. The Labute approximate surface area is 80.5 Å². The summed E-state index contributed by atoms with van der Waals surface area (Å²) < 4.78 is 0. The number of hydrogen-bond donors (Lipinski definition) is 2. The molecule has 4 amide bonds. The van der Waals surface area contributed by atoms with Crippen molar-refractivity contribution in [3.05, 3.63) is 0 Å². The van der Waals surface area contributed by atoms with Crippen molar-refractivity contribution in [3.8, 4) is 0 Å². The number of hydrogen-bond acceptors (Lipinski definition) is 3. The smallest absolute Gasteiger partial charge is 0.415 e. The maximum absolute atomic E-state index is 11.3. The summed E-state index contributed by atoms with van der Waals surface area (Å²) in [6.07, 6.45) is -2.92. The first-order chi connectivity index (χ1) is 6.45. The molecule has 0 heterocycles. The summed E-state index contributed by atoms with van der Waals surface area (Å²) in [4.78, 5) is 33.1. The van der Waals surface area contributed by atoms with Gasteiger partial charge in [-0.15, -0.1) is 0 Å². The van der Waals surface area contributed by atoms with E-state index in [1.807, 2.05) is 0 Å². The molecule has 14 heavy (non-hydrogen) atoms. The Morgan fingerprint density at radius 1 is 0.929 bits per heavy atom. The Kier molecular flexibility index (Phi) is 4.41. The quantitative estimate of drug-likeness (QED) is 0.701. The lowest BCUT2D eigenvalue weighted by molar-refractivity contribution is 0.121. The molecule has 2 N–H and O–H groups in total. The second kappa shape index (κ2) is 5.05. The predicted molar refractivity (Wildman–Crippen MR) is 46.2 cm³/mol. The topological polar surface area (TPSA) is 98.2 Å². The van der Waals surface area contributed by atoms with Gasteiger partial charge in [-0.2, -0.15) is 0 Å². The van der Waals surface area contributed by atoms with E-state index in [2.05, 4.69) is 0 Å².